The fraction of sp³-hybridized carbons (Fsp3) is 0.417. The molecule has 1 fully saturated rings. The highest BCUT2D eigenvalue weighted by Gasteiger charge is 2.36. The van der Waals surface area contributed by atoms with Gasteiger partial charge in [0.05, 0.1) is 13.2 Å². The minimum Gasteiger partial charge on any atom is -0.434 e. The van der Waals surface area contributed by atoms with Gasteiger partial charge in [-0.2, -0.15) is 0 Å². The standard InChI is InChI=1S/C24H26O6/c1-3-27-22(25)29-20-12-8-18(9-13-20)24(16-6-5-7-17-24)19-10-14-21(15-11-19)30-23(26)28-4-2/h8-10,12-14H,3-7,16-17H2,1-2H3. The van der Waals surface area contributed by atoms with Crippen LogP contribution in [0.15, 0.2) is 36.4 Å². The van der Waals surface area contributed by atoms with Gasteiger partial charge in [0.1, 0.15) is 5.75 Å². The molecule has 0 bridgehead atoms. The average Bonchev–Trinajstić information content (AvgIpc) is 2.75. The number of benzene rings is 1. The maximum atomic E-state index is 11.5. The average molecular weight is 410 g/mol. The van der Waals surface area contributed by atoms with Crippen molar-refractivity contribution in [2.75, 3.05) is 13.2 Å². The molecule has 2 aromatic rings. The van der Waals surface area contributed by atoms with Crippen LogP contribution in [0.2, 0.25) is 0 Å². The Balaban J connectivity index is 1.82. The Morgan fingerprint density at radius 3 is 2.03 bits per heavy atom. The molecule has 158 valence electrons. The monoisotopic (exact) mass is 410 g/mol. The maximum Gasteiger partial charge on any atom is 0.514 e. The van der Waals surface area contributed by atoms with Gasteiger partial charge >= 0.3 is 12.3 Å². The summed E-state index contributed by atoms with van der Waals surface area (Å²) in [5, 5.41) is 0. The number of ether oxygens (including phenoxy) is 4. The second kappa shape index (κ2) is 10.0. The first-order chi connectivity index (χ1) is 14.6. The van der Waals surface area contributed by atoms with Crippen molar-refractivity contribution in [1.29, 1.82) is 0 Å². The van der Waals surface area contributed by atoms with Gasteiger partial charge in [0.2, 0.25) is 0 Å². The number of carbonyl (C=O) groups excluding carboxylic acids is 2. The Hall–Kier alpha value is -3.20. The summed E-state index contributed by atoms with van der Waals surface area (Å²) in [5.74, 6) is 0.721. The van der Waals surface area contributed by atoms with Gasteiger partial charge in [0.15, 0.2) is 5.75 Å². The van der Waals surface area contributed by atoms with E-state index in [0.29, 0.717) is 5.75 Å². The summed E-state index contributed by atoms with van der Waals surface area (Å²) >= 11 is 0. The van der Waals surface area contributed by atoms with E-state index >= 15 is 0 Å². The Morgan fingerprint density at radius 1 is 0.833 bits per heavy atom. The van der Waals surface area contributed by atoms with Gasteiger partial charge in [-0.1, -0.05) is 37.5 Å². The van der Waals surface area contributed by atoms with E-state index in [2.05, 4.69) is 12.1 Å². The summed E-state index contributed by atoms with van der Waals surface area (Å²) in [6.45, 7) is 3.96. The molecule has 0 unspecified atom stereocenters. The topological polar surface area (TPSA) is 71.1 Å². The van der Waals surface area contributed by atoms with Gasteiger partial charge in [0.25, 0.3) is 0 Å². The van der Waals surface area contributed by atoms with Crippen LogP contribution in [0.3, 0.4) is 0 Å². The molecule has 0 spiro atoms. The molecule has 0 saturated heterocycles. The molecule has 1 aliphatic rings. The number of carbonyl (C=O) groups is 2. The zero-order chi connectivity index (χ0) is 21.4. The minimum atomic E-state index is -0.750. The van der Waals surface area contributed by atoms with E-state index in [1.807, 2.05) is 18.2 Å². The van der Waals surface area contributed by atoms with Gasteiger partial charge < -0.3 is 18.9 Å². The third kappa shape index (κ3) is 5.04. The van der Waals surface area contributed by atoms with Gasteiger partial charge in [-0.25, -0.2) is 9.59 Å². The molecule has 6 heteroatoms. The lowest BCUT2D eigenvalue weighted by atomic mass is 9.65. The molecule has 0 radical (unpaired) electrons. The van der Waals surface area contributed by atoms with Crippen molar-refractivity contribution in [3.63, 3.8) is 0 Å². The van der Waals surface area contributed by atoms with Gasteiger partial charge in [-0.05, 0) is 62.6 Å². The lowest BCUT2D eigenvalue weighted by molar-refractivity contribution is 0.103. The largest absolute Gasteiger partial charge is 0.514 e. The van der Waals surface area contributed by atoms with Crippen LogP contribution in [0, 0.1) is 12.1 Å². The van der Waals surface area contributed by atoms with Crippen LogP contribution in [0.25, 0.3) is 0 Å². The number of hydrogen-bond acceptors (Lipinski definition) is 6. The van der Waals surface area contributed by atoms with Gasteiger partial charge in [-0.3, -0.25) is 0 Å². The van der Waals surface area contributed by atoms with E-state index < -0.39 is 12.3 Å². The van der Waals surface area contributed by atoms with Crippen LogP contribution in [0.5, 0.6) is 11.5 Å². The van der Waals surface area contributed by atoms with Crippen molar-refractivity contribution >= 4 is 12.3 Å². The zero-order valence-electron chi connectivity index (χ0n) is 17.4. The van der Waals surface area contributed by atoms with Crippen molar-refractivity contribution in [3.8, 4) is 11.5 Å². The summed E-state index contributed by atoms with van der Waals surface area (Å²) in [4.78, 5) is 23.0. The summed E-state index contributed by atoms with van der Waals surface area (Å²) in [6, 6.07) is 17.3. The van der Waals surface area contributed by atoms with Gasteiger partial charge in [-0.15, -0.1) is 0 Å². The highest BCUT2D eigenvalue weighted by molar-refractivity contribution is 5.64. The molecule has 6 nitrogen and oxygen atoms in total. The van der Waals surface area contributed by atoms with E-state index in [9.17, 15) is 9.59 Å². The molecule has 3 rings (SSSR count). The summed E-state index contributed by atoms with van der Waals surface area (Å²) in [6.07, 6.45) is 3.91. The fourth-order valence-electron chi connectivity index (χ4n) is 3.90. The molecule has 0 aromatic heterocycles. The Labute approximate surface area is 177 Å². The van der Waals surface area contributed by atoms with Crippen molar-refractivity contribution < 1.29 is 28.5 Å². The molecule has 0 aliphatic heterocycles. The third-order valence-corrected chi connectivity index (χ3v) is 5.27. The second-order valence-corrected chi connectivity index (χ2v) is 7.10. The molecule has 0 heterocycles. The molecule has 1 aliphatic carbocycles. The van der Waals surface area contributed by atoms with Crippen molar-refractivity contribution in [2.24, 2.45) is 0 Å². The van der Waals surface area contributed by atoms with E-state index in [4.69, 9.17) is 18.9 Å². The Kier molecular flexibility index (Phi) is 7.18. The quantitative estimate of drug-likeness (QED) is 0.455. The second-order valence-electron chi connectivity index (χ2n) is 7.10. The number of hydrogen-bond donors (Lipinski definition) is 0. The first kappa shape index (κ1) is 21.5. The minimum absolute atomic E-state index is 0.209. The summed E-state index contributed by atoms with van der Waals surface area (Å²) in [5.41, 5.74) is 1.92. The summed E-state index contributed by atoms with van der Waals surface area (Å²) in [7, 11) is 0. The number of rotatable bonds is 6. The normalized spacial score (nSPS) is 14.9. The molecule has 30 heavy (non-hydrogen) atoms. The SMILES string of the molecule is CCOC(=O)Oc1c#cc(C2(c3ccc(OC(=O)OCC)cc3)CCCCC2)cc1. The van der Waals surface area contributed by atoms with Crippen LogP contribution >= 0.6 is 0 Å². The van der Waals surface area contributed by atoms with Crippen molar-refractivity contribution in [3.05, 3.63) is 59.7 Å². The molecule has 2 aromatic carbocycles. The van der Waals surface area contributed by atoms with Crippen LogP contribution < -0.4 is 9.47 Å². The maximum absolute atomic E-state index is 11.5. The summed E-state index contributed by atoms with van der Waals surface area (Å²) < 4.78 is 19.9. The smallest absolute Gasteiger partial charge is 0.434 e. The van der Waals surface area contributed by atoms with E-state index in [-0.39, 0.29) is 24.4 Å². The molecule has 0 N–H and O–H groups in total. The predicted octanol–water partition coefficient (Wildman–Crippen LogP) is 5.61. The van der Waals surface area contributed by atoms with Crippen LogP contribution in [-0.4, -0.2) is 25.5 Å². The highest BCUT2D eigenvalue weighted by atomic mass is 16.7. The van der Waals surface area contributed by atoms with E-state index in [1.54, 1.807) is 32.0 Å². The van der Waals surface area contributed by atoms with Crippen LogP contribution in [0.4, 0.5) is 9.59 Å². The Bertz CT molecular complexity index is 770. The fourth-order valence-corrected chi connectivity index (χ4v) is 3.90. The molecule has 0 atom stereocenters. The molecule has 1 saturated carbocycles. The molecule has 0 amide bonds. The Morgan fingerprint density at radius 2 is 1.47 bits per heavy atom. The molecular weight excluding hydrogens is 384 g/mol. The van der Waals surface area contributed by atoms with Gasteiger partial charge in [0, 0.05) is 11.0 Å². The lowest BCUT2D eigenvalue weighted by Crippen LogP contribution is -2.30. The van der Waals surface area contributed by atoms with Crippen LogP contribution in [-0.2, 0) is 14.9 Å². The first-order valence-electron chi connectivity index (χ1n) is 10.3. The van der Waals surface area contributed by atoms with Crippen molar-refractivity contribution in [2.45, 2.75) is 51.4 Å². The van der Waals surface area contributed by atoms with E-state index in [0.717, 1.165) is 36.8 Å². The zero-order valence-corrected chi connectivity index (χ0v) is 17.4. The molecular formula is C24H26O6. The first-order valence-corrected chi connectivity index (χ1v) is 10.3. The third-order valence-electron chi connectivity index (χ3n) is 5.27. The lowest BCUT2D eigenvalue weighted by Gasteiger charge is -2.37. The highest BCUT2D eigenvalue weighted by Crippen LogP contribution is 2.44. The van der Waals surface area contributed by atoms with Crippen molar-refractivity contribution in [1.82, 2.24) is 0 Å². The predicted molar refractivity (Wildman–Crippen MR) is 110 cm³/mol. The van der Waals surface area contributed by atoms with Crippen LogP contribution in [0.1, 0.15) is 57.1 Å². The van der Waals surface area contributed by atoms with E-state index in [1.165, 1.54) is 6.42 Å².